The van der Waals surface area contributed by atoms with Gasteiger partial charge >= 0.3 is 0 Å². The number of methoxy groups -OCH3 is 1. The molecule has 1 heterocycles. The maximum atomic E-state index is 12.0. The van der Waals surface area contributed by atoms with E-state index in [9.17, 15) is 9.59 Å². The number of hydrogen-bond donors (Lipinski definition) is 1. The summed E-state index contributed by atoms with van der Waals surface area (Å²) in [4.78, 5) is 23.8. The summed E-state index contributed by atoms with van der Waals surface area (Å²) >= 11 is 0. The molecule has 0 bridgehead atoms. The molecule has 0 radical (unpaired) electrons. The number of amides is 1. The van der Waals surface area contributed by atoms with Crippen molar-refractivity contribution in [3.05, 3.63) is 64.1 Å². The fraction of sp³-hybridized carbons (Fsp3) is 0.250. The standard InChI is InChI=1S/C16H18N2O3/c1-18-11-5-7-13(16(18)20)15(19)17-10-9-12-6-3-4-8-14(12)21-2/h3-8,11H,9-10H2,1-2H3,(H,17,19). The van der Waals surface area contributed by atoms with Gasteiger partial charge in [0.05, 0.1) is 7.11 Å². The van der Waals surface area contributed by atoms with Gasteiger partial charge in [-0.25, -0.2) is 0 Å². The summed E-state index contributed by atoms with van der Waals surface area (Å²) in [5, 5.41) is 2.76. The molecule has 0 unspecified atom stereocenters. The molecule has 0 saturated heterocycles. The molecule has 5 heteroatoms. The van der Waals surface area contributed by atoms with E-state index in [4.69, 9.17) is 4.74 Å². The van der Waals surface area contributed by atoms with Gasteiger partial charge < -0.3 is 14.6 Å². The van der Waals surface area contributed by atoms with Crippen molar-refractivity contribution in [3.8, 4) is 5.75 Å². The van der Waals surface area contributed by atoms with E-state index < -0.39 is 0 Å². The number of para-hydroxylation sites is 1. The molecule has 1 amide bonds. The van der Waals surface area contributed by atoms with Gasteiger partial charge in [-0.05, 0) is 30.2 Å². The summed E-state index contributed by atoms with van der Waals surface area (Å²) in [6.07, 6.45) is 2.26. The number of carbonyl (C=O) groups excluding carboxylic acids is 1. The van der Waals surface area contributed by atoms with Crippen LogP contribution in [0.2, 0.25) is 0 Å². The normalized spacial score (nSPS) is 10.2. The van der Waals surface area contributed by atoms with Crippen LogP contribution in [0.1, 0.15) is 15.9 Å². The molecule has 0 saturated carbocycles. The van der Waals surface area contributed by atoms with Crippen molar-refractivity contribution >= 4 is 5.91 Å². The molecule has 0 spiro atoms. The second-order valence-electron chi connectivity index (χ2n) is 4.66. The zero-order chi connectivity index (χ0) is 15.2. The van der Waals surface area contributed by atoms with E-state index in [1.807, 2.05) is 24.3 Å². The lowest BCUT2D eigenvalue weighted by Crippen LogP contribution is -2.32. The Balaban J connectivity index is 1.99. The van der Waals surface area contributed by atoms with E-state index >= 15 is 0 Å². The smallest absolute Gasteiger partial charge is 0.263 e. The highest BCUT2D eigenvalue weighted by atomic mass is 16.5. The zero-order valence-electron chi connectivity index (χ0n) is 12.1. The third kappa shape index (κ3) is 3.51. The van der Waals surface area contributed by atoms with Crippen LogP contribution >= 0.6 is 0 Å². The van der Waals surface area contributed by atoms with Crippen molar-refractivity contribution in [2.45, 2.75) is 6.42 Å². The highest BCUT2D eigenvalue weighted by Gasteiger charge is 2.10. The van der Waals surface area contributed by atoms with Gasteiger partial charge in [0, 0.05) is 19.8 Å². The first-order chi connectivity index (χ1) is 10.1. The molecule has 5 nitrogen and oxygen atoms in total. The average molecular weight is 286 g/mol. The van der Waals surface area contributed by atoms with E-state index in [0.29, 0.717) is 13.0 Å². The SMILES string of the molecule is COc1ccccc1CCNC(=O)c1cccn(C)c1=O. The number of pyridine rings is 1. The zero-order valence-corrected chi connectivity index (χ0v) is 12.1. The fourth-order valence-corrected chi connectivity index (χ4v) is 2.09. The van der Waals surface area contributed by atoms with Crippen LogP contribution in [0.5, 0.6) is 5.75 Å². The number of benzene rings is 1. The second kappa shape index (κ2) is 6.74. The number of ether oxygens (including phenoxy) is 1. The molecule has 0 atom stereocenters. The highest BCUT2D eigenvalue weighted by molar-refractivity contribution is 5.93. The van der Waals surface area contributed by atoms with Crippen molar-refractivity contribution in [2.24, 2.45) is 7.05 Å². The van der Waals surface area contributed by atoms with Crippen LogP contribution in [-0.2, 0) is 13.5 Å². The van der Waals surface area contributed by atoms with Crippen LogP contribution in [0.25, 0.3) is 0 Å². The first-order valence-electron chi connectivity index (χ1n) is 6.69. The highest BCUT2D eigenvalue weighted by Crippen LogP contribution is 2.17. The Labute approximate surface area is 123 Å². The van der Waals surface area contributed by atoms with E-state index in [1.165, 1.54) is 10.6 Å². The molecule has 1 aromatic carbocycles. The molecule has 110 valence electrons. The van der Waals surface area contributed by atoms with Gasteiger partial charge in [0.15, 0.2) is 0 Å². The summed E-state index contributed by atoms with van der Waals surface area (Å²) in [6, 6.07) is 10.9. The Hall–Kier alpha value is -2.56. The van der Waals surface area contributed by atoms with Crippen molar-refractivity contribution < 1.29 is 9.53 Å². The lowest BCUT2D eigenvalue weighted by molar-refractivity contribution is 0.0952. The fourth-order valence-electron chi connectivity index (χ4n) is 2.09. The van der Waals surface area contributed by atoms with Gasteiger partial charge in [-0.2, -0.15) is 0 Å². The molecule has 0 aliphatic rings. The number of rotatable bonds is 5. The molecular formula is C16H18N2O3. The maximum absolute atomic E-state index is 12.0. The molecule has 0 fully saturated rings. The van der Waals surface area contributed by atoms with Crippen molar-refractivity contribution in [1.82, 2.24) is 9.88 Å². The van der Waals surface area contributed by atoms with Crippen LogP contribution in [0.15, 0.2) is 47.4 Å². The molecular weight excluding hydrogens is 268 g/mol. The third-order valence-electron chi connectivity index (χ3n) is 3.24. The molecule has 2 rings (SSSR count). The summed E-state index contributed by atoms with van der Waals surface area (Å²) < 4.78 is 6.64. The summed E-state index contributed by atoms with van der Waals surface area (Å²) in [5.41, 5.74) is 0.869. The Morgan fingerprint density at radius 2 is 2.00 bits per heavy atom. The molecule has 1 N–H and O–H groups in total. The van der Waals surface area contributed by atoms with Crippen LogP contribution in [-0.4, -0.2) is 24.1 Å². The van der Waals surface area contributed by atoms with E-state index in [-0.39, 0.29) is 17.0 Å². The first kappa shape index (κ1) is 14.8. The third-order valence-corrected chi connectivity index (χ3v) is 3.24. The minimum Gasteiger partial charge on any atom is -0.496 e. The van der Waals surface area contributed by atoms with Gasteiger partial charge in [-0.1, -0.05) is 18.2 Å². The van der Waals surface area contributed by atoms with Crippen molar-refractivity contribution in [2.75, 3.05) is 13.7 Å². The summed E-state index contributed by atoms with van der Waals surface area (Å²) in [6.45, 7) is 0.442. The van der Waals surface area contributed by atoms with Crippen molar-refractivity contribution in [3.63, 3.8) is 0 Å². The summed E-state index contributed by atoms with van der Waals surface area (Å²) in [7, 11) is 3.24. The number of carbonyl (C=O) groups is 1. The Morgan fingerprint density at radius 1 is 1.24 bits per heavy atom. The summed E-state index contributed by atoms with van der Waals surface area (Å²) in [5.74, 6) is 0.438. The van der Waals surface area contributed by atoms with Crippen LogP contribution in [0, 0.1) is 0 Å². The van der Waals surface area contributed by atoms with E-state index in [0.717, 1.165) is 11.3 Å². The number of nitrogens with one attached hydrogen (secondary N) is 1. The van der Waals surface area contributed by atoms with Gasteiger partial charge in [0.1, 0.15) is 11.3 Å². The van der Waals surface area contributed by atoms with Gasteiger partial charge in [0.25, 0.3) is 11.5 Å². The number of hydrogen-bond acceptors (Lipinski definition) is 3. The number of aryl methyl sites for hydroxylation is 1. The maximum Gasteiger partial charge on any atom is 0.263 e. The molecule has 2 aromatic rings. The van der Waals surface area contributed by atoms with Gasteiger partial charge in [-0.15, -0.1) is 0 Å². The minimum atomic E-state index is -0.355. The lowest BCUT2D eigenvalue weighted by Gasteiger charge is -2.09. The molecule has 21 heavy (non-hydrogen) atoms. The lowest BCUT2D eigenvalue weighted by atomic mass is 10.1. The number of aromatic nitrogens is 1. The Kier molecular flexibility index (Phi) is 4.77. The van der Waals surface area contributed by atoms with Gasteiger partial charge in [-0.3, -0.25) is 9.59 Å². The van der Waals surface area contributed by atoms with Crippen molar-refractivity contribution in [1.29, 1.82) is 0 Å². The molecule has 1 aromatic heterocycles. The number of nitrogens with zero attached hydrogens (tertiary/aromatic N) is 1. The van der Waals surface area contributed by atoms with Crippen LogP contribution < -0.4 is 15.6 Å². The van der Waals surface area contributed by atoms with Gasteiger partial charge in [0.2, 0.25) is 0 Å². The first-order valence-corrected chi connectivity index (χ1v) is 6.69. The minimum absolute atomic E-state index is 0.153. The quantitative estimate of drug-likeness (QED) is 0.903. The van der Waals surface area contributed by atoms with Crippen LogP contribution in [0.4, 0.5) is 0 Å². The Morgan fingerprint density at radius 3 is 2.76 bits per heavy atom. The van der Waals surface area contributed by atoms with E-state index in [1.54, 1.807) is 26.4 Å². The molecule has 0 aliphatic heterocycles. The Bertz CT molecular complexity index is 692. The monoisotopic (exact) mass is 286 g/mol. The topological polar surface area (TPSA) is 60.3 Å². The van der Waals surface area contributed by atoms with Crippen LogP contribution in [0.3, 0.4) is 0 Å². The predicted octanol–water partition coefficient (Wildman–Crippen LogP) is 1.37. The average Bonchev–Trinajstić information content (AvgIpc) is 2.50. The largest absolute Gasteiger partial charge is 0.496 e. The predicted molar refractivity (Wildman–Crippen MR) is 80.7 cm³/mol. The second-order valence-corrected chi connectivity index (χ2v) is 4.66. The molecule has 0 aliphatic carbocycles. The van der Waals surface area contributed by atoms with E-state index in [2.05, 4.69) is 5.32 Å².